The summed E-state index contributed by atoms with van der Waals surface area (Å²) in [5, 5.41) is 0. The predicted molar refractivity (Wildman–Crippen MR) is 70.1 cm³/mol. The Labute approximate surface area is 114 Å². The molecule has 0 amide bonds. The SMILES string of the molecule is CCC(C)(C)C(=O)OC12CCC(C)(C(=O)O1)C2(C)C. The first-order chi connectivity index (χ1) is 8.52. The summed E-state index contributed by atoms with van der Waals surface area (Å²) in [6.07, 6.45) is 1.99. The van der Waals surface area contributed by atoms with Crippen LogP contribution in [0.2, 0.25) is 0 Å². The smallest absolute Gasteiger partial charge is 0.315 e. The molecule has 1 saturated carbocycles. The quantitative estimate of drug-likeness (QED) is 0.738. The van der Waals surface area contributed by atoms with Gasteiger partial charge in [0.2, 0.25) is 0 Å². The maximum Gasteiger partial charge on any atom is 0.315 e. The summed E-state index contributed by atoms with van der Waals surface area (Å²) in [7, 11) is 0. The van der Waals surface area contributed by atoms with E-state index in [0.29, 0.717) is 19.3 Å². The van der Waals surface area contributed by atoms with Gasteiger partial charge in [-0.15, -0.1) is 0 Å². The molecule has 0 aromatic rings. The molecule has 0 spiro atoms. The lowest BCUT2D eigenvalue weighted by Crippen LogP contribution is -2.47. The lowest BCUT2D eigenvalue weighted by atomic mass is 9.69. The van der Waals surface area contributed by atoms with E-state index in [4.69, 9.17) is 9.47 Å². The largest absolute Gasteiger partial charge is 0.421 e. The van der Waals surface area contributed by atoms with Crippen LogP contribution >= 0.6 is 0 Å². The maximum atomic E-state index is 12.3. The highest BCUT2D eigenvalue weighted by Gasteiger charge is 2.75. The van der Waals surface area contributed by atoms with Crippen molar-refractivity contribution in [2.75, 3.05) is 0 Å². The van der Waals surface area contributed by atoms with Crippen LogP contribution in [0.1, 0.15) is 60.8 Å². The van der Waals surface area contributed by atoms with Crippen LogP contribution in [0.5, 0.6) is 0 Å². The van der Waals surface area contributed by atoms with Crippen molar-refractivity contribution in [3.63, 3.8) is 0 Å². The van der Waals surface area contributed by atoms with Crippen LogP contribution in [0.25, 0.3) is 0 Å². The number of rotatable bonds is 3. The zero-order valence-corrected chi connectivity index (χ0v) is 12.8. The highest BCUT2D eigenvalue weighted by Crippen LogP contribution is 2.66. The summed E-state index contributed by atoms with van der Waals surface area (Å²) in [5.41, 5.74) is -1.60. The Morgan fingerprint density at radius 2 is 1.89 bits per heavy atom. The van der Waals surface area contributed by atoms with Crippen LogP contribution in [-0.4, -0.2) is 17.7 Å². The van der Waals surface area contributed by atoms with Gasteiger partial charge in [0, 0.05) is 6.42 Å². The third-order valence-corrected chi connectivity index (χ3v) is 5.69. The summed E-state index contributed by atoms with van der Waals surface area (Å²) >= 11 is 0. The summed E-state index contributed by atoms with van der Waals surface area (Å²) in [6.45, 7) is 11.5. The molecule has 19 heavy (non-hydrogen) atoms. The summed E-state index contributed by atoms with van der Waals surface area (Å²) in [4.78, 5) is 24.4. The van der Waals surface area contributed by atoms with Gasteiger partial charge in [-0.25, -0.2) is 0 Å². The Morgan fingerprint density at radius 1 is 1.32 bits per heavy atom. The molecule has 4 heteroatoms. The molecule has 1 saturated heterocycles. The molecule has 2 rings (SSSR count). The maximum absolute atomic E-state index is 12.3. The number of ether oxygens (including phenoxy) is 2. The van der Waals surface area contributed by atoms with Crippen LogP contribution in [-0.2, 0) is 19.1 Å². The molecule has 1 aliphatic carbocycles. The molecule has 2 aliphatic rings. The number of carbonyl (C=O) groups excluding carboxylic acids is 2. The van der Waals surface area contributed by atoms with Gasteiger partial charge in [-0.2, -0.15) is 0 Å². The number of hydrogen-bond acceptors (Lipinski definition) is 4. The van der Waals surface area contributed by atoms with E-state index in [1.807, 2.05) is 41.5 Å². The molecule has 0 aromatic carbocycles. The molecule has 1 heterocycles. The van der Waals surface area contributed by atoms with E-state index in [0.717, 1.165) is 0 Å². The molecule has 108 valence electrons. The monoisotopic (exact) mass is 268 g/mol. The van der Waals surface area contributed by atoms with Crippen LogP contribution in [0.3, 0.4) is 0 Å². The van der Waals surface area contributed by atoms with E-state index < -0.39 is 22.0 Å². The van der Waals surface area contributed by atoms with Gasteiger partial charge in [0.15, 0.2) is 0 Å². The Balaban J connectivity index is 2.31. The molecular formula is C15H24O4. The number of esters is 2. The zero-order valence-electron chi connectivity index (χ0n) is 12.8. The number of hydrogen-bond donors (Lipinski definition) is 0. The zero-order chi connectivity index (χ0) is 14.7. The van der Waals surface area contributed by atoms with Gasteiger partial charge in [-0.1, -0.05) is 20.8 Å². The van der Waals surface area contributed by atoms with Crippen LogP contribution < -0.4 is 0 Å². The van der Waals surface area contributed by atoms with Crippen molar-refractivity contribution in [3.05, 3.63) is 0 Å². The normalized spacial score (nSPS) is 36.2. The van der Waals surface area contributed by atoms with E-state index in [1.54, 1.807) is 0 Å². The van der Waals surface area contributed by atoms with Crippen LogP contribution in [0.4, 0.5) is 0 Å². The average Bonchev–Trinajstić information content (AvgIpc) is 2.58. The number of carbonyl (C=O) groups is 2. The second-order valence-electron chi connectivity index (χ2n) is 7.23. The molecule has 2 atom stereocenters. The molecular weight excluding hydrogens is 244 g/mol. The van der Waals surface area contributed by atoms with Crippen molar-refractivity contribution in [2.24, 2.45) is 16.2 Å². The van der Waals surface area contributed by atoms with E-state index in [1.165, 1.54) is 0 Å². The molecule has 2 bridgehead atoms. The van der Waals surface area contributed by atoms with Gasteiger partial charge >= 0.3 is 11.9 Å². The third-order valence-electron chi connectivity index (χ3n) is 5.69. The van der Waals surface area contributed by atoms with Gasteiger partial charge in [0.25, 0.3) is 5.79 Å². The molecule has 0 N–H and O–H groups in total. The van der Waals surface area contributed by atoms with Crippen molar-refractivity contribution < 1.29 is 19.1 Å². The van der Waals surface area contributed by atoms with Crippen molar-refractivity contribution in [1.29, 1.82) is 0 Å². The van der Waals surface area contributed by atoms with Gasteiger partial charge < -0.3 is 9.47 Å². The first-order valence-corrected chi connectivity index (χ1v) is 6.99. The predicted octanol–water partition coefficient (Wildman–Crippen LogP) is 3.05. The summed E-state index contributed by atoms with van der Waals surface area (Å²) < 4.78 is 11.2. The lowest BCUT2D eigenvalue weighted by Gasteiger charge is -2.37. The summed E-state index contributed by atoms with van der Waals surface area (Å²) in [5.74, 6) is -1.62. The highest BCUT2D eigenvalue weighted by atomic mass is 16.7. The Hall–Kier alpha value is -1.06. The topological polar surface area (TPSA) is 52.6 Å². The van der Waals surface area contributed by atoms with Crippen molar-refractivity contribution >= 4 is 11.9 Å². The molecule has 2 fully saturated rings. The minimum absolute atomic E-state index is 0.245. The third kappa shape index (κ3) is 1.58. The van der Waals surface area contributed by atoms with Crippen LogP contribution in [0.15, 0.2) is 0 Å². The first kappa shape index (κ1) is 14.4. The fraction of sp³-hybridized carbons (Fsp3) is 0.867. The molecule has 1 aliphatic heterocycles. The van der Waals surface area contributed by atoms with Crippen molar-refractivity contribution in [2.45, 2.75) is 66.6 Å². The second-order valence-corrected chi connectivity index (χ2v) is 7.23. The van der Waals surface area contributed by atoms with Gasteiger partial charge in [0.05, 0.1) is 16.2 Å². The van der Waals surface area contributed by atoms with E-state index >= 15 is 0 Å². The summed E-state index contributed by atoms with van der Waals surface area (Å²) in [6, 6.07) is 0. The molecule has 0 radical (unpaired) electrons. The van der Waals surface area contributed by atoms with E-state index in [-0.39, 0.29) is 11.9 Å². The standard InChI is InChI=1S/C15H24O4/c1-7-12(2,3)10(16)18-15-9-8-14(6,11(17)19-15)13(15,4)5/h7-9H2,1-6H3. The lowest BCUT2D eigenvalue weighted by molar-refractivity contribution is -0.244. The van der Waals surface area contributed by atoms with Crippen molar-refractivity contribution in [3.8, 4) is 0 Å². The van der Waals surface area contributed by atoms with Gasteiger partial charge in [-0.3, -0.25) is 9.59 Å². The van der Waals surface area contributed by atoms with Gasteiger partial charge in [-0.05, 0) is 33.6 Å². The highest BCUT2D eigenvalue weighted by molar-refractivity contribution is 5.83. The second kappa shape index (κ2) is 3.74. The number of fused-ring (bicyclic) bond motifs is 2. The van der Waals surface area contributed by atoms with Crippen molar-refractivity contribution in [1.82, 2.24) is 0 Å². The fourth-order valence-electron chi connectivity index (χ4n) is 2.89. The molecule has 4 nitrogen and oxygen atoms in total. The molecule has 0 aromatic heterocycles. The Bertz CT molecular complexity index is 437. The minimum Gasteiger partial charge on any atom is -0.421 e. The Morgan fingerprint density at radius 3 is 2.26 bits per heavy atom. The van der Waals surface area contributed by atoms with Gasteiger partial charge in [0.1, 0.15) is 0 Å². The van der Waals surface area contributed by atoms with E-state index in [2.05, 4.69) is 0 Å². The average molecular weight is 268 g/mol. The van der Waals surface area contributed by atoms with Crippen LogP contribution in [0, 0.1) is 16.2 Å². The van der Waals surface area contributed by atoms with E-state index in [9.17, 15) is 9.59 Å². The minimum atomic E-state index is -1.08. The molecule has 2 unspecified atom stereocenters. The first-order valence-electron chi connectivity index (χ1n) is 6.99. The fourth-order valence-corrected chi connectivity index (χ4v) is 2.89. The Kier molecular flexibility index (Phi) is 2.82.